The predicted molar refractivity (Wildman–Crippen MR) is 73.2 cm³/mol. The van der Waals surface area contributed by atoms with Gasteiger partial charge in [0.2, 0.25) is 5.91 Å². The second kappa shape index (κ2) is 4.82. The lowest BCUT2D eigenvalue weighted by atomic mass is 9.99. The second-order valence-electron chi connectivity index (χ2n) is 6.55. The molecule has 0 spiro atoms. The van der Waals surface area contributed by atoms with Crippen molar-refractivity contribution in [2.75, 3.05) is 26.2 Å². The van der Waals surface area contributed by atoms with Crippen molar-refractivity contribution in [3.63, 3.8) is 0 Å². The lowest BCUT2D eigenvalue weighted by molar-refractivity contribution is -0.135. The molecule has 0 aromatic heterocycles. The fourth-order valence-corrected chi connectivity index (χ4v) is 3.13. The molecule has 1 amide bonds. The van der Waals surface area contributed by atoms with Gasteiger partial charge in [-0.15, -0.1) is 0 Å². The molecule has 0 aliphatic carbocycles. The molecule has 2 aliphatic rings. The number of rotatable bonds is 3. The summed E-state index contributed by atoms with van der Waals surface area (Å²) in [5.74, 6) is 1.45. The maximum Gasteiger partial charge on any atom is 0.242 e. The molecule has 0 bridgehead atoms. The fourth-order valence-electron chi connectivity index (χ4n) is 3.13. The van der Waals surface area contributed by atoms with Crippen molar-refractivity contribution in [3.05, 3.63) is 0 Å². The highest BCUT2D eigenvalue weighted by atomic mass is 16.2. The molecule has 4 nitrogen and oxygen atoms in total. The molecule has 2 fully saturated rings. The van der Waals surface area contributed by atoms with Crippen LogP contribution in [0.4, 0.5) is 0 Å². The van der Waals surface area contributed by atoms with Crippen LogP contribution in [-0.4, -0.2) is 53.5 Å². The SMILES string of the molecule is CCC(C)(N)C(=O)N1CC2CN(C(C)C)CC2C1. The van der Waals surface area contributed by atoms with Gasteiger partial charge >= 0.3 is 0 Å². The fraction of sp³-hybridized carbons (Fsp3) is 0.929. The summed E-state index contributed by atoms with van der Waals surface area (Å²) in [6, 6.07) is 0.621. The van der Waals surface area contributed by atoms with Crippen molar-refractivity contribution in [1.82, 2.24) is 9.80 Å². The molecule has 2 N–H and O–H groups in total. The van der Waals surface area contributed by atoms with Crippen LogP contribution in [0.15, 0.2) is 0 Å². The number of amides is 1. The Morgan fingerprint density at radius 1 is 1.28 bits per heavy atom. The first kappa shape index (κ1) is 13.8. The summed E-state index contributed by atoms with van der Waals surface area (Å²) < 4.78 is 0. The monoisotopic (exact) mass is 253 g/mol. The van der Waals surface area contributed by atoms with Crippen LogP contribution in [0.25, 0.3) is 0 Å². The number of carbonyl (C=O) groups excluding carboxylic acids is 1. The summed E-state index contributed by atoms with van der Waals surface area (Å²) >= 11 is 0. The quantitative estimate of drug-likeness (QED) is 0.813. The van der Waals surface area contributed by atoms with E-state index < -0.39 is 5.54 Å². The van der Waals surface area contributed by atoms with Crippen LogP contribution in [0.1, 0.15) is 34.1 Å². The van der Waals surface area contributed by atoms with Gasteiger partial charge in [-0.1, -0.05) is 6.92 Å². The largest absolute Gasteiger partial charge is 0.340 e. The van der Waals surface area contributed by atoms with E-state index in [1.54, 1.807) is 0 Å². The molecule has 18 heavy (non-hydrogen) atoms. The lowest BCUT2D eigenvalue weighted by Gasteiger charge is -2.30. The van der Waals surface area contributed by atoms with Crippen molar-refractivity contribution < 1.29 is 4.79 Å². The summed E-state index contributed by atoms with van der Waals surface area (Å²) in [5.41, 5.74) is 5.38. The number of fused-ring (bicyclic) bond motifs is 1. The van der Waals surface area contributed by atoms with Gasteiger partial charge in [0.05, 0.1) is 5.54 Å². The summed E-state index contributed by atoms with van der Waals surface area (Å²) in [6.45, 7) is 12.4. The van der Waals surface area contributed by atoms with E-state index in [-0.39, 0.29) is 5.91 Å². The molecule has 0 aromatic carbocycles. The highest BCUT2D eigenvalue weighted by Crippen LogP contribution is 2.33. The molecule has 2 saturated heterocycles. The van der Waals surface area contributed by atoms with E-state index in [1.807, 2.05) is 18.7 Å². The number of nitrogens with zero attached hydrogens (tertiary/aromatic N) is 2. The van der Waals surface area contributed by atoms with E-state index in [2.05, 4.69) is 18.7 Å². The molecule has 3 atom stereocenters. The Labute approximate surface area is 110 Å². The molecule has 0 saturated carbocycles. The van der Waals surface area contributed by atoms with Gasteiger partial charge in [-0.05, 0) is 39.0 Å². The number of hydrogen-bond acceptors (Lipinski definition) is 3. The van der Waals surface area contributed by atoms with Crippen molar-refractivity contribution in [1.29, 1.82) is 0 Å². The van der Waals surface area contributed by atoms with E-state index in [0.29, 0.717) is 24.3 Å². The summed E-state index contributed by atoms with van der Waals surface area (Å²) in [7, 11) is 0. The molecule has 104 valence electrons. The minimum Gasteiger partial charge on any atom is -0.340 e. The van der Waals surface area contributed by atoms with Crippen LogP contribution in [0, 0.1) is 11.8 Å². The molecular formula is C14H27N3O. The lowest BCUT2D eigenvalue weighted by Crippen LogP contribution is -2.52. The van der Waals surface area contributed by atoms with Crippen molar-refractivity contribution in [3.8, 4) is 0 Å². The summed E-state index contributed by atoms with van der Waals surface area (Å²) in [5, 5.41) is 0. The standard InChI is InChI=1S/C14H27N3O/c1-5-14(4,15)13(18)17-8-11-6-16(10(2)3)7-12(11)9-17/h10-12H,5-9,15H2,1-4H3. The maximum absolute atomic E-state index is 12.3. The Hall–Kier alpha value is -0.610. The smallest absolute Gasteiger partial charge is 0.242 e. The molecule has 2 aliphatic heterocycles. The number of carbonyl (C=O) groups is 1. The zero-order valence-electron chi connectivity index (χ0n) is 12.1. The third-order valence-corrected chi connectivity index (χ3v) is 4.76. The van der Waals surface area contributed by atoms with Gasteiger partial charge in [0.15, 0.2) is 0 Å². The van der Waals surface area contributed by atoms with Gasteiger partial charge in [-0.3, -0.25) is 4.79 Å². The Morgan fingerprint density at radius 3 is 2.17 bits per heavy atom. The zero-order chi connectivity index (χ0) is 13.5. The average Bonchev–Trinajstić information content (AvgIpc) is 2.85. The highest BCUT2D eigenvalue weighted by Gasteiger charge is 2.44. The molecule has 0 aromatic rings. The third-order valence-electron chi connectivity index (χ3n) is 4.76. The van der Waals surface area contributed by atoms with Crippen LogP contribution in [0.2, 0.25) is 0 Å². The topological polar surface area (TPSA) is 49.6 Å². The van der Waals surface area contributed by atoms with E-state index in [1.165, 1.54) is 0 Å². The number of likely N-dealkylation sites (tertiary alicyclic amines) is 2. The van der Waals surface area contributed by atoms with Gasteiger partial charge in [0.1, 0.15) is 0 Å². The van der Waals surface area contributed by atoms with Crippen LogP contribution in [0.3, 0.4) is 0 Å². The first-order chi connectivity index (χ1) is 8.35. The van der Waals surface area contributed by atoms with Gasteiger partial charge in [-0.25, -0.2) is 0 Å². The minimum atomic E-state index is -0.684. The van der Waals surface area contributed by atoms with E-state index in [0.717, 1.165) is 26.2 Å². The van der Waals surface area contributed by atoms with Crippen LogP contribution in [0.5, 0.6) is 0 Å². The predicted octanol–water partition coefficient (Wildman–Crippen LogP) is 0.912. The molecule has 3 unspecified atom stereocenters. The summed E-state index contributed by atoms with van der Waals surface area (Å²) in [4.78, 5) is 16.9. The Kier molecular flexibility index (Phi) is 3.70. The Bertz CT molecular complexity index is 313. The van der Waals surface area contributed by atoms with Gasteiger partial charge in [0, 0.05) is 32.2 Å². The highest BCUT2D eigenvalue weighted by molar-refractivity contribution is 5.85. The van der Waals surface area contributed by atoms with Gasteiger partial charge in [-0.2, -0.15) is 0 Å². The first-order valence-electron chi connectivity index (χ1n) is 7.17. The average molecular weight is 253 g/mol. The van der Waals surface area contributed by atoms with Gasteiger partial charge < -0.3 is 15.5 Å². The second-order valence-corrected chi connectivity index (χ2v) is 6.55. The molecule has 2 heterocycles. The van der Waals surface area contributed by atoms with E-state index in [9.17, 15) is 4.79 Å². The normalized spacial score (nSPS) is 31.8. The van der Waals surface area contributed by atoms with Crippen molar-refractivity contribution >= 4 is 5.91 Å². The minimum absolute atomic E-state index is 0.135. The Morgan fingerprint density at radius 2 is 1.78 bits per heavy atom. The van der Waals surface area contributed by atoms with E-state index >= 15 is 0 Å². The maximum atomic E-state index is 12.3. The van der Waals surface area contributed by atoms with Crippen molar-refractivity contribution in [2.45, 2.75) is 45.7 Å². The molecule has 0 radical (unpaired) electrons. The van der Waals surface area contributed by atoms with Crippen LogP contribution >= 0.6 is 0 Å². The molecule has 4 heteroatoms. The van der Waals surface area contributed by atoms with Crippen LogP contribution in [-0.2, 0) is 4.79 Å². The first-order valence-corrected chi connectivity index (χ1v) is 7.17. The number of nitrogens with two attached hydrogens (primary N) is 1. The van der Waals surface area contributed by atoms with E-state index in [4.69, 9.17) is 5.73 Å². The number of hydrogen-bond donors (Lipinski definition) is 1. The van der Waals surface area contributed by atoms with Crippen molar-refractivity contribution in [2.24, 2.45) is 17.6 Å². The molecule has 2 rings (SSSR count). The Balaban J connectivity index is 1.95. The summed E-state index contributed by atoms with van der Waals surface area (Å²) in [6.07, 6.45) is 0.704. The third kappa shape index (κ3) is 2.41. The molecular weight excluding hydrogens is 226 g/mol. The zero-order valence-corrected chi connectivity index (χ0v) is 12.1. The van der Waals surface area contributed by atoms with Gasteiger partial charge in [0.25, 0.3) is 0 Å². The van der Waals surface area contributed by atoms with Crippen LogP contribution < -0.4 is 5.73 Å².